The van der Waals surface area contributed by atoms with E-state index in [0.29, 0.717) is 28.6 Å². The van der Waals surface area contributed by atoms with Crippen LogP contribution in [-0.2, 0) is 12.8 Å². The van der Waals surface area contributed by atoms with Crippen molar-refractivity contribution in [1.82, 2.24) is 5.32 Å². The normalized spacial score (nSPS) is 16.0. The molecule has 1 unspecified atom stereocenters. The van der Waals surface area contributed by atoms with Crippen molar-refractivity contribution in [3.8, 4) is 0 Å². The topological polar surface area (TPSA) is 58.2 Å². The van der Waals surface area contributed by atoms with Gasteiger partial charge in [0.1, 0.15) is 5.00 Å². The van der Waals surface area contributed by atoms with E-state index in [4.69, 9.17) is 0 Å². The van der Waals surface area contributed by atoms with Crippen LogP contribution in [0, 0.1) is 5.92 Å². The highest BCUT2D eigenvalue weighted by molar-refractivity contribution is 7.17. The fourth-order valence-electron chi connectivity index (χ4n) is 3.31. The third-order valence-corrected chi connectivity index (χ3v) is 5.99. The zero-order valence-corrected chi connectivity index (χ0v) is 16.2. The summed E-state index contributed by atoms with van der Waals surface area (Å²) in [4.78, 5) is 26.7. The third kappa shape index (κ3) is 4.15. The number of carbonyl (C=O) groups is 2. The molecule has 0 radical (unpaired) electrons. The van der Waals surface area contributed by atoms with Crippen molar-refractivity contribution in [2.24, 2.45) is 5.92 Å². The monoisotopic (exact) mass is 370 g/mol. The molecule has 1 heterocycles. The smallest absolute Gasteiger partial charge is 0.256 e. The van der Waals surface area contributed by atoms with E-state index < -0.39 is 0 Å². The Morgan fingerprint density at radius 2 is 1.96 bits per heavy atom. The summed E-state index contributed by atoms with van der Waals surface area (Å²) in [6.07, 6.45) is 4.98. The lowest BCUT2D eigenvalue weighted by molar-refractivity contribution is 0.0953. The standard InChI is InChI=1S/C21H26N2O2S/c1-3-4-12-22-20(25)18-16-11-10-14(2)13-17(16)26-21(18)23-19(24)15-8-6-5-7-9-15/h5-9,14H,3-4,10-13H2,1-2H3,(H,22,25)(H,23,24). The number of hydrogen-bond acceptors (Lipinski definition) is 3. The van der Waals surface area contributed by atoms with Gasteiger partial charge in [0.15, 0.2) is 0 Å². The van der Waals surface area contributed by atoms with Crippen molar-refractivity contribution in [3.05, 3.63) is 51.9 Å². The molecule has 0 aliphatic heterocycles. The average molecular weight is 371 g/mol. The van der Waals surface area contributed by atoms with Gasteiger partial charge in [-0.3, -0.25) is 9.59 Å². The van der Waals surface area contributed by atoms with Gasteiger partial charge in [-0.2, -0.15) is 0 Å². The van der Waals surface area contributed by atoms with Gasteiger partial charge >= 0.3 is 0 Å². The molecule has 0 saturated heterocycles. The molecule has 1 aliphatic carbocycles. The van der Waals surface area contributed by atoms with E-state index in [1.54, 1.807) is 23.5 Å². The van der Waals surface area contributed by atoms with E-state index in [0.717, 1.165) is 37.7 Å². The van der Waals surface area contributed by atoms with Gasteiger partial charge in [-0.05, 0) is 49.3 Å². The third-order valence-electron chi connectivity index (χ3n) is 4.82. The fraction of sp³-hybridized carbons (Fsp3) is 0.429. The maximum Gasteiger partial charge on any atom is 0.256 e. The van der Waals surface area contributed by atoms with E-state index in [1.165, 1.54) is 4.88 Å². The number of hydrogen-bond donors (Lipinski definition) is 2. The molecule has 1 aromatic carbocycles. The molecule has 2 aromatic rings. The highest BCUT2D eigenvalue weighted by atomic mass is 32.1. The van der Waals surface area contributed by atoms with E-state index in [-0.39, 0.29) is 11.8 Å². The van der Waals surface area contributed by atoms with E-state index in [1.807, 2.05) is 18.2 Å². The average Bonchev–Trinajstić information content (AvgIpc) is 2.99. The molecule has 0 bridgehead atoms. The number of anilines is 1. The summed E-state index contributed by atoms with van der Waals surface area (Å²) in [5, 5.41) is 6.69. The minimum atomic E-state index is -0.167. The van der Waals surface area contributed by atoms with Crippen LogP contribution in [0.3, 0.4) is 0 Å². The highest BCUT2D eigenvalue weighted by Crippen LogP contribution is 2.39. The van der Waals surface area contributed by atoms with Crippen molar-refractivity contribution in [3.63, 3.8) is 0 Å². The van der Waals surface area contributed by atoms with Crippen LogP contribution in [0.4, 0.5) is 5.00 Å². The number of rotatable bonds is 6. The van der Waals surface area contributed by atoms with Crippen LogP contribution >= 0.6 is 11.3 Å². The van der Waals surface area contributed by atoms with Crippen LogP contribution in [0.5, 0.6) is 0 Å². The molecule has 26 heavy (non-hydrogen) atoms. The summed E-state index contributed by atoms with van der Waals surface area (Å²) in [6, 6.07) is 9.13. The minimum absolute atomic E-state index is 0.0612. The molecule has 4 nitrogen and oxygen atoms in total. The van der Waals surface area contributed by atoms with Gasteiger partial charge in [0.2, 0.25) is 0 Å². The Labute approximate surface area is 159 Å². The summed E-state index contributed by atoms with van der Waals surface area (Å²) in [5.41, 5.74) is 2.41. The summed E-state index contributed by atoms with van der Waals surface area (Å²) < 4.78 is 0. The van der Waals surface area contributed by atoms with E-state index in [9.17, 15) is 9.59 Å². The molecule has 1 atom stereocenters. The second-order valence-electron chi connectivity index (χ2n) is 6.99. The molecule has 0 fully saturated rings. The van der Waals surface area contributed by atoms with Crippen LogP contribution in [0.15, 0.2) is 30.3 Å². The number of unbranched alkanes of at least 4 members (excludes halogenated alkanes) is 1. The predicted molar refractivity (Wildman–Crippen MR) is 107 cm³/mol. The van der Waals surface area contributed by atoms with Crippen LogP contribution in [0.1, 0.15) is 64.3 Å². The van der Waals surface area contributed by atoms with Crippen molar-refractivity contribution in [2.75, 3.05) is 11.9 Å². The predicted octanol–water partition coefficient (Wildman–Crippen LogP) is 4.66. The molecule has 0 spiro atoms. The van der Waals surface area contributed by atoms with Gasteiger partial charge in [-0.1, -0.05) is 38.5 Å². The Morgan fingerprint density at radius 3 is 2.69 bits per heavy atom. The van der Waals surface area contributed by atoms with Crippen molar-refractivity contribution >= 4 is 28.2 Å². The number of carbonyl (C=O) groups excluding carboxylic acids is 2. The quantitative estimate of drug-likeness (QED) is 0.727. The molecule has 1 aromatic heterocycles. The van der Waals surface area contributed by atoms with Crippen LogP contribution in [0.25, 0.3) is 0 Å². The Kier molecular flexibility index (Phi) is 6.09. The molecule has 1 aliphatic rings. The first kappa shape index (κ1) is 18.6. The second-order valence-corrected chi connectivity index (χ2v) is 8.09. The van der Waals surface area contributed by atoms with Crippen LogP contribution in [-0.4, -0.2) is 18.4 Å². The lowest BCUT2D eigenvalue weighted by atomic mass is 9.88. The minimum Gasteiger partial charge on any atom is -0.352 e. The number of amides is 2. The van der Waals surface area contributed by atoms with E-state index in [2.05, 4.69) is 24.5 Å². The van der Waals surface area contributed by atoms with Gasteiger partial charge in [-0.15, -0.1) is 11.3 Å². The molecular formula is C21H26N2O2S. The number of nitrogens with one attached hydrogen (secondary N) is 2. The molecule has 138 valence electrons. The maximum absolute atomic E-state index is 12.8. The summed E-state index contributed by atoms with van der Waals surface area (Å²) in [7, 11) is 0. The van der Waals surface area contributed by atoms with Crippen molar-refractivity contribution in [1.29, 1.82) is 0 Å². The first-order valence-corrected chi connectivity index (χ1v) is 10.2. The first-order chi connectivity index (χ1) is 12.6. The van der Waals surface area contributed by atoms with Gasteiger partial charge in [0.25, 0.3) is 11.8 Å². The van der Waals surface area contributed by atoms with Gasteiger partial charge in [-0.25, -0.2) is 0 Å². The zero-order valence-electron chi connectivity index (χ0n) is 15.4. The Balaban J connectivity index is 1.88. The summed E-state index contributed by atoms with van der Waals surface area (Å²) >= 11 is 1.56. The number of fused-ring (bicyclic) bond motifs is 1. The fourth-order valence-corrected chi connectivity index (χ4v) is 4.71. The largest absolute Gasteiger partial charge is 0.352 e. The molecule has 2 N–H and O–H groups in total. The van der Waals surface area contributed by atoms with Crippen molar-refractivity contribution in [2.45, 2.75) is 46.0 Å². The van der Waals surface area contributed by atoms with Gasteiger partial charge < -0.3 is 10.6 Å². The van der Waals surface area contributed by atoms with Gasteiger partial charge in [0.05, 0.1) is 5.56 Å². The summed E-state index contributed by atoms with van der Waals surface area (Å²) in [5.74, 6) is 0.392. The molecule has 3 rings (SSSR count). The lowest BCUT2D eigenvalue weighted by Gasteiger charge is -2.18. The van der Waals surface area contributed by atoms with Gasteiger partial charge in [0, 0.05) is 17.0 Å². The Hall–Kier alpha value is -2.14. The zero-order chi connectivity index (χ0) is 18.5. The van der Waals surface area contributed by atoms with Crippen molar-refractivity contribution < 1.29 is 9.59 Å². The molecule has 2 amide bonds. The number of thiophene rings is 1. The summed E-state index contributed by atoms with van der Waals surface area (Å²) in [6.45, 7) is 5.01. The SMILES string of the molecule is CCCCNC(=O)c1c(NC(=O)c2ccccc2)sc2c1CCC(C)C2. The highest BCUT2D eigenvalue weighted by Gasteiger charge is 2.28. The molecule has 5 heteroatoms. The Bertz CT molecular complexity index is 783. The molecular weight excluding hydrogens is 344 g/mol. The first-order valence-electron chi connectivity index (χ1n) is 9.39. The van der Waals surface area contributed by atoms with Crippen LogP contribution < -0.4 is 10.6 Å². The van der Waals surface area contributed by atoms with Crippen LogP contribution in [0.2, 0.25) is 0 Å². The molecule has 0 saturated carbocycles. The maximum atomic E-state index is 12.8. The lowest BCUT2D eigenvalue weighted by Crippen LogP contribution is -2.27. The second kappa shape index (κ2) is 8.49. The van der Waals surface area contributed by atoms with E-state index >= 15 is 0 Å². The number of benzene rings is 1. The Morgan fingerprint density at radius 1 is 1.19 bits per heavy atom.